The highest BCUT2D eigenvalue weighted by atomic mass is 16.4. The summed E-state index contributed by atoms with van der Waals surface area (Å²) in [7, 11) is 0. The first-order valence-corrected chi connectivity index (χ1v) is 26.4. The van der Waals surface area contributed by atoms with E-state index >= 15 is 0 Å². The van der Waals surface area contributed by atoms with Crippen LogP contribution in [0.2, 0.25) is 0 Å². The zero-order valence-corrected chi connectivity index (χ0v) is 43.4. The fourth-order valence-corrected chi connectivity index (χ4v) is 9.29. The summed E-state index contributed by atoms with van der Waals surface area (Å²) in [6, 6.07) is 25.5. The predicted octanol–water partition coefficient (Wildman–Crippen LogP) is 10.9. The largest absolute Gasteiger partial charge is 0.409 e. The number of rotatable bonds is 23. The van der Waals surface area contributed by atoms with Crippen molar-refractivity contribution in [3.8, 4) is 6.07 Å². The molecular formula is C58H83N9O3. The number of pyridine rings is 2. The van der Waals surface area contributed by atoms with Gasteiger partial charge in [-0.25, -0.2) is 0 Å². The number of unbranched alkanes of at least 4 members (excludes halogenated alkanes) is 4. The number of amidine groups is 1. The minimum atomic E-state index is -0.0174. The second-order valence-corrected chi connectivity index (χ2v) is 20.4. The van der Waals surface area contributed by atoms with E-state index in [9.17, 15) is 9.59 Å². The fourth-order valence-electron chi connectivity index (χ4n) is 9.29. The van der Waals surface area contributed by atoms with Crippen LogP contribution in [-0.4, -0.2) is 104 Å². The third kappa shape index (κ3) is 18.0. The highest BCUT2D eigenvalue weighted by molar-refractivity contribution is 5.97. The van der Waals surface area contributed by atoms with E-state index in [0.29, 0.717) is 47.4 Å². The lowest BCUT2D eigenvalue weighted by Gasteiger charge is -2.38. The first-order valence-electron chi connectivity index (χ1n) is 26.4. The van der Waals surface area contributed by atoms with Crippen molar-refractivity contribution in [2.75, 3.05) is 39.3 Å². The minimum absolute atomic E-state index is 0.00472. The van der Waals surface area contributed by atoms with Crippen LogP contribution in [0.4, 0.5) is 0 Å². The topological polar surface area (TPSA) is 155 Å². The quantitative estimate of drug-likeness (QED) is 0.0243. The molecule has 0 unspecified atom stereocenters. The summed E-state index contributed by atoms with van der Waals surface area (Å²) in [6.45, 7) is 20.8. The van der Waals surface area contributed by atoms with Crippen molar-refractivity contribution in [3.63, 3.8) is 0 Å². The van der Waals surface area contributed by atoms with Gasteiger partial charge >= 0.3 is 0 Å². The van der Waals surface area contributed by atoms with Gasteiger partial charge in [0.25, 0.3) is 11.8 Å². The zero-order valence-electron chi connectivity index (χ0n) is 43.4. The molecule has 12 nitrogen and oxygen atoms in total. The number of aryl methyl sites for hydroxylation is 2. The predicted molar refractivity (Wildman–Crippen MR) is 283 cm³/mol. The monoisotopic (exact) mass is 954 g/mol. The average Bonchev–Trinajstić information content (AvgIpc) is 3.39. The van der Waals surface area contributed by atoms with Crippen molar-refractivity contribution in [3.05, 3.63) is 130 Å². The number of piperidine rings is 2. The van der Waals surface area contributed by atoms with E-state index < -0.39 is 0 Å². The third-order valence-electron chi connectivity index (χ3n) is 13.9. The van der Waals surface area contributed by atoms with E-state index in [4.69, 9.17) is 16.2 Å². The molecule has 0 atom stereocenters. The van der Waals surface area contributed by atoms with Crippen LogP contribution in [0.25, 0.3) is 0 Å². The Kier molecular flexibility index (Phi) is 23.3. The second kappa shape index (κ2) is 29.5. The smallest absolute Gasteiger partial charge is 0.272 e. The van der Waals surface area contributed by atoms with Gasteiger partial charge in [-0.3, -0.25) is 19.6 Å². The fraction of sp³-hybridized carbons (Fsp3) is 0.552. The van der Waals surface area contributed by atoms with Gasteiger partial charge in [-0.1, -0.05) is 121 Å². The van der Waals surface area contributed by atoms with Gasteiger partial charge in [0.05, 0.1) is 11.6 Å². The number of benzene rings is 2. The molecule has 4 aromatic rings. The first-order chi connectivity index (χ1) is 33.9. The lowest BCUT2D eigenvalue weighted by Crippen LogP contribution is -2.47. The average molecular weight is 954 g/mol. The normalized spacial score (nSPS) is 15.1. The zero-order chi connectivity index (χ0) is 50.3. The highest BCUT2D eigenvalue weighted by Gasteiger charge is 2.31. The number of likely N-dealkylation sites (tertiary alicyclic amines) is 2. The van der Waals surface area contributed by atoms with Crippen LogP contribution < -0.4 is 5.73 Å². The van der Waals surface area contributed by atoms with E-state index in [-0.39, 0.29) is 29.7 Å². The van der Waals surface area contributed by atoms with Crippen molar-refractivity contribution in [2.45, 2.75) is 157 Å². The van der Waals surface area contributed by atoms with E-state index in [1.807, 2.05) is 88.9 Å². The third-order valence-corrected chi connectivity index (χ3v) is 13.9. The number of amides is 2. The maximum atomic E-state index is 13.7. The number of nitrogens with two attached hydrogens (primary N) is 1. The number of carbonyl (C=O) groups is 2. The molecule has 2 aromatic heterocycles. The molecule has 2 amide bonds. The van der Waals surface area contributed by atoms with Gasteiger partial charge in [0, 0.05) is 69.3 Å². The Balaban J connectivity index is 0.000000261. The SMILES string of the molecule is CCCCCc1ccc(C(=O)N(Cc2ccc(/C(N)=N/O)cc2)C2CCN(CCC(C)C)CC2)nc1.CCCCCc1ccc(C(=O)N(Cc2ccc(C#N)cc2)C2CCN(CCC(C)C)CC2)nc1. The summed E-state index contributed by atoms with van der Waals surface area (Å²) in [5, 5.41) is 21.1. The molecule has 0 radical (unpaired) electrons. The molecule has 2 saturated heterocycles. The van der Waals surface area contributed by atoms with Crippen molar-refractivity contribution in [2.24, 2.45) is 22.7 Å². The number of hydrogen-bond acceptors (Lipinski definition) is 9. The number of oxime groups is 1. The lowest BCUT2D eigenvalue weighted by molar-refractivity contribution is 0.0534. The minimum Gasteiger partial charge on any atom is -0.409 e. The maximum Gasteiger partial charge on any atom is 0.272 e. The summed E-state index contributed by atoms with van der Waals surface area (Å²) >= 11 is 0. The summed E-state index contributed by atoms with van der Waals surface area (Å²) < 4.78 is 0. The number of aromatic nitrogens is 2. The summed E-state index contributed by atoms with van der Waals surface area (Å²) in [5.74, 6) is 1.47. The van der Waals surface area contributed by atoms with E-state index in [0.717, 1.165) is 102 Å². The Labute approximate surface area is 420 Å². The van der Waals surface area contributed by atoms with Gasteiger partial charge in [-0.2, -0.15) is 5.26 Å². The molecule has 12 heteroatoms. The molecule has 378 valence electrons. The van der Waals surface area contributed by atoms with Gasteiger partial charge in [0.1, 0.15) is 11.4 Å². The molecule has 2 aliphatic heterocycles. The van der Waals surface area contributed by atoms with Gasteiger partial charge in [-0.15, -0.1) is 0 Å². The van der Waals surface area contributed by atoms with E-state index in [1.165, 1.54) is 49.7 Å². The van der Waals surface area contributed by atoms with E-state index in [2.05, 4.69) is 78.6 Å². The van der Waals surface area contributed by atoms with E-state index in [1.54, 1.807) is 0 Å². The second-order valence-electron chi connectivity index (χ2n) is 20.4. The molecule has 0 bridgehead atoms. The maximum absolute atomic E-state index is 13.7. The van der Waals surface area contributed by atoms with Crippen molar-refractivity contribution in [1.29, 1.82) is 5.26 Å². The lowest BCUT2D eigenvalue weighted by atomic mass is 10.00. The van der Waals surface area contributed by atoms with Gasteiger partial charge in [0.2, 0.25) is 0 Å². The van der Waals surface area contributed by atoms with Crippen molar-refractivity contribution in [1.82, 2.24) is 29.6 Å². The van der Waals surface area contributed by atoms with Crippen LogP contribution >= 0.6 is 0 Å². The molecular weight excluding hydrogens is 871 g/mol. The van der Waals surface area contributed by atoms with Crippen LogP contribution in [-0.2, 0) is 25.9 Å². The number of nitriles is 1. The first kappa shape index (κ1) is 55.3. The molecule has 0 saturated carbocycles. The Bertz CT molecular complexity index is 2200. The molecule has 0 spiro atoms. The molecule has 0 aliphatic carbocycles. The van der Waals surface area contributed by atoms with Crippen LogP contribution in [0.15, 0.2) is 90.3 Å². The molecule has 4 heterocycles. The summed E-state index contributed by atoms with van der Waals surface area (Å²) in [5.41, 5.74) is 12.5. The molecule has 2 fully saturated rings. The Morgan fingerprint density at radius 3 is 1.40 bits per heavy atom. The number of hydrogen-bond donors (Lipinski definition) is 2. The van der Waals surface area contributed by atoms with Gasteiger partial charge < -0.3 is 30.5 Å². The number of carbonyl (C=O) groups excluding carboxylic acids is 2. The van der Waals surface area contributed by atoms with Crippen LogP contribution in [0.1, 0.15) is 173 Å². The molecule has 6 rings (SSSR count). The van der Waals surface area contributed by atoms with Gasteiger partial charge in [0.15, 0.2) is 5.84 Å². The Hall–Kier alpha value is -5.64. The van der Waals surface area contributed by atoms with Gasteiger partial charge in [-0.05, 0) is 136 Å². The van der Waals surface area contributed by atoms with Crippen LogP contribution in [0.5, 0.6) is 0 Å². The summed E-state index contributed by atoms with van der Waals surface area (Å²) in [4.78, 5) is 45.5. The van der Waals surface area contributed by atoms with Crippen molar-refractivity contribution < 1.29 is 14.8 Å². The molecule has 2 aliphatic rings. The van der Waals surface area contributed by atoms with Crippen LogP contribution in [0, 0.1) is 23.2 Å². The molecule has 3 N–H and O–H groups in total. The standard InChI is InChI=1S/C29H43N5O2.C29H40N4O/c1-4-5-6-7-23-10-13-27(31-20-23)29(35)34(21-24-8-11-25(12-9-24)28(30)32-36)26-15-18-33(19-16-26)17-14-22(2)3;1-4-5-6-7-25-12-13-28(31-21-25)29(34)33(22-26-10-8-24(20-30)9-11-26)27-15-18-32(19-16-27)17-14-23(2)3/h8-13,20,22,26,36H,4-7,14-19,21H2,1-3H3,(H2,30,32);8-13,21,23,27H,4-7,14-19,22H2,1-3H3. The summed E-state index contributed by atoms with van der Waals surface area (Å²) in [6.07, 6.45) is 19.2. The Morgan fingerprint density at radius 1 is 0.657 bits per heavy atom. The van der Waals surface area contributed by atoms with Crippen LogP contribution in [0.3, 0.4) is 0 Å². The Morgan fingerprint density at radius 2 is 1.06 bits per heavy atom. The molecule has 2 aromatic carbocycles. The highest BCUT2D eigenvalue weighted by Crippen LogP contribution is 2.25. The van der Waals surface area contributed by atoms with Crippen molar-refractivity contribution >= 4 is 17.6 Å². The molecule has 70 heavy (non-hydrogen) atoms. The number of nitrogens with zero attached hydrogens (tertiary/aromatic N) is 8.